The van der Waals surface area contributed by atoms with E-state index < -0.39 is 17.9 Å². The lowest BCUT2D eigenvalue weighted by Gasteiger charge is -2.15. The summed E-state index contributed by atoms with van der Waals surface area (Å²) in [6.07, 6.45) is -0.763. The van der Waals surface area contributed by atoms with E-state index in [2.05, 4.69) is 10.9 Å². The zero-order chi connectivity index (χ0) is 21.3. The average molecular weight is 404 g/mol. The Morgan fingerprint density at radius 1 is 0.867 bits per heavy atom. The molecule has 0 aliphatic carbocycles. The average Bonchev–Trinajstić information content (AvgIpc) is 2.77. The summed E-state index contributed by atoms with van der Waals surface area (Å²) in [5.41, 5.74) is 7.27. The van der Waals surface area contributed by atoms with Crippen molar-refractivity contribution < 1.29 is 19.1 Å². The molecular weight excluding hydrogens is 380 g/mol. The Morgan fingerprint density at radius 3 is 2.30 bits per heavy atom. The molecular formula is C24H24N2O4. The van der Waals surface area contributed by atoms with Gasteiger partial charge in [0.25, 0.3) is 11.8 Å². The molecule has 6 nitrogen and oxygen atoms in total. The maximum atomic E-state index is 12.3. The Kier molecular flexibility index (Phi) is 7.05. The summed E-state index contributed by atoms with van der Waals surface area (Å²) in [6.45, 7) is 4.00. The van der Waals surface area contributed by atoms with Crippen LogP contribution in [0.3, 0.4) is 0 Å². The van der Waals surface area contributed by atoms with Crippen LogP contribution >= 0.6 is 0 Å². The summed E-state index contributed by atoms with van der Waals surface area (Å²) in [4.78, 5) is 24.4. The van der Waals surface area contributed by atoms with Gasteiger partial charge in [-0.25, -0.2) is 0 Å². The number of benzene rings is 3. The second-order valence-corrected chi connectivity index (χ2v) is 6.82. The van der Waals surface area contributed by atoms with E-state index in [1.165, 1.54) is 0 Å². The molecule has 3 aromatic rings. The van der Waals surface area contributed by atoms with E-state index in [0.29, 0.717) is 23.7 Å². The highest BCUT2D eigenvalue weighted by molar-refractivity contribution is 5.95. The van der Waals surface area contributed by atoms with Crippen LogP contribution in [0.15, 0.2) is 78.9 Å². The Hall–Kier alpha value is -3.80. The maximum Gasteiger partial charge on any atom is 0.279 e. The highest BCUT2D eigenvalue weighted by Crippen LogP contribution is 2.15. The number of nitrogens with one attached hydrogen (secondary N) is 2. The van der Waals surface area contributed by atoms with Crippen molar-refractivity contribution in [3.05, 3.63) is 95.6 Å². The van der Waals surface area contributed by atoms with Crippen molar-refractivity contribution in [2.75, 3.05) is 0 Å². The van der Waals surface area contributed by atoms with Crippen LogP contribution in [0, 0.1) is 6.92 Å². The molecule has 3 rings (SSSR count). The summed E-state index contributed by atoms with van der Waals surface area (Å²) in [7, 11) is 0. The van der Waals surface area contributed by atoms with E-state index in [1.54, 1.807) is 37.3 Å². The number of hydrazine groups is 1. The standard InChI is InChI=1S/C24H24N2O4/c1-17-7-6-10-22(15-17)30-18(2)23(27)25-26-24(28)20-11-13-21(14-12-20)29-16-19-8-4-3-5-9-19/h3-15,18H,16H2,1-2H3,(H,25,27)(H,26,28). The van der Waals surface area contributed by atoms with Gasteiger partial charge < -0.3 is 9.47 Å². The molecule has 0 bridgehead atoms. The number of carbonyl (C=O) groups is 2. The van der Waals surface area contributed by atoms with Crippen LogP contribution in [-0.4, -0.2) is 17.9 Å². The lowest BCUT2D eigenvalue weighted by atomic mass is 10.2. The highest BCUT2D eigenvalue weighted by atomic mass is 16.5. The molecule has 6 heteroatoms. The Bertz CT molecular complexity index is 988. The third kappa shape index (κ3) is 6.10. The molecule has 2 amide bonds. The topological polar surface area (TPSA) is 76.7 Å². The van der Waals surface area contributed by atoms with Crippen molar-refractivity contribution in [2.45, 2.75) is 26.6 Å². The Labute approximate surface area is 175 Å². The van der Waals surface area contributed by atoms with Gasteiger partial charge >= 0.3 is 0 Å². The lowest BCUT2D eigenvalue weighted by Crippen LogP contribution is -2.47. The van der Waals surface area contributed by atoms with Gasteiger partial charge in [0.1, 0.15) is 18.1 Å². The minimum atomic E-state index is -0.763. The fraction of sp³-hybridized carbons (Fsp3) is 0.167. The number of hydrogen-bond donors (Lipinski definition) is 2. The predicted molar refractivity (Wildman–Crippen MR) is 114 cm³/mol. The molecule has 0 spiro atoms. The van der Waals surface area contributed by atoms with Gasteiger partial charge in [-0.15, -0.1) is 0 Å². The minimum Gasteiger partial charge on any atom is -0.489 e. The second kappa shape index (κ2) is 10.1. The minimum absolute atomic E-state index is 0.398. The molecule has 0 aliphatic rings. The molecule has 3 aromatic carbocycles. The number of aryl methyl sites for hydroxylation is 1. The van der Waals surface area contributed by atoms with E-state index >= 15 is 0 Å². The summed E-state index contributed by atoms with van der Waals surface area (Å²) < 4.78 is 11.3. The van der Waals surface area contributed by atoms with Crippen LogP contribution in [0.1, 0.15) is 28.4 Å². The number of rotatable bonds is 7. The van der Waals surface area contributed by atoms with Crippen molar-refractivity contribution in [1.82, 2.24) is 10.9 Å². The summed E-state index contributed by atoms with van der Waals surface area (Å²) >= 11 is 0. The molecule has 1 unspecified atom stereocenters. The van der Waals surface area contributed by atoms with Crippen LogP contribution in [0.5, 0.6) is 11.5 Å². The first kappa shape index (κ1) is 20.9. The SMILES string of the molecule is Cc1cccc(OC(C)C(=O)NNC(=O)c2ccc(OCc3ccccc3)cc2)c1. The molecule has 0 saturated heterocycles. The van der Waals surface area contributed by atoms with Gasteiger partial charge in [0.2, 0.25) is 0 Å². The quantitative estimate of drug-likeness (QED) is 0.587. The fourth-order valence-corrected chi connectivity index (χ4v) is 2.68. The fourth-order valence-electron chi connectivity index (χ4n) is 2.68. The third-order valence-electron chi connectivity index (χ3n) is 4.34. The van der Waals surface area contributed by atoms with Gasteiger partial charge in [-0.3, -0.25) is 20.4 Å². The van der Waals surface area contributed by atoms with E-state index in [-0.39, 0.29) is 0 Å². The van der Waals surface area contributed by atoms with Gasteiger partial charge in [0.15, 0.2) is 6.10 Å². The number of carbonyl (C=O) groups excluding carboxylic acids is 2. The summed E-state index contributed by atoms with van der Waals surface area (Å²) in [6, 6.07) is 23.9. The molecule has 2 N–H and O–H groups in total. The van der Waals surface area contributed by atoms with Gasteiger partial charge in [-0.1, -0.05) is 42.5 Å². The normalized spacial score (nSPS) is 11.3. The van der Waals surface area contributed by atoms with Crippen molar-refractivity contribution in [3.8, 4) is 11.5 Å². The van der Waals surface area contributed by atoms with Crippen molar-refractivity contribution in [1.29, 1.82) is 0 Å². The largest absolute Gasteiger partial charge is 0.489 e. The van der Waals surface area contributed by atoms with Gasteiger partial charge in [0.05, 0.1) is 0 Å². The first-order valence-corrected chi connectivity index (χ1v) is 9.61. The highest BCUT2D eigenvalue weighted by Gasteiger charge is 2.16. The van der Waals surface area contributed by atoms with E-state index in [1.807, 2.05) is 55.5 Å². The molecule has 1 atom stereocenters. The van der Waals surface area contributed by atoms with Crippen LogP contribution in [-0.2, 0) is 11.4 Å². The van der Waals surface area contributed by atoms with Crippen LogP contribution < -0.4 is 20.3 Å². The Balaban J connectivity index is 1.46. The molecule has 0 heterocycles. The monoisotopic (exact) mass is 404 g/mol. The van der Waals surface area contributed by atoms with Crippen molar-refractivity contribution in [3.63, 3.8) is 0 Å². The molecule has 30 heavy (non-hydrogen) atoms. The molecule has 0 saturated carbocycles. The Morgan fingerprint density at radius 2 is 1.60 bits per heavy atom. The first-order valence-electron chi connectivity index (χ1n) is 9.61. The summed E-state index contributed by atoms with van der Waals surface area (Å²) in [5, 5.41) is 0. The van der Waals surface area contributed by atoms with E-state index in [9.17, 15) is 9.59 Å². The molecule has 0 aliphatic heterocycles. The van der Waals surface area contributed by atoms with E-state index in [0.717, 1.165) is 11.1 Å². The van der Waals surface area contributed by atoms with Gasteiger partial charge in [-0.05, 0) is 61.4 Å². The summed E-state index contributed by atoms with van der Waals surface area (Å²) in [5.74, 6) is 0.364. The number of amides is 2. The van der Waals surface area contributed by atoms with Crippen LogP contribution in [0.2, 0.25) is 0 Å². The zero-order valence-corrected chi connectivity index (χ0v) is 16.9. The molecule has 0 radical (unpaired) electrons. The van der Waals surface area contributed by atoms with Crippen molar-refractivity contribution in [2.24, 2.45) is 0 Å². The predicted octanol–water partition coefficient (Wildman–Crippen LogP) is 3.80. The second-order valence-electron chi connectivity index (χ2n) is 6.82. The van der Waals surface area contributed by atoms with Crippen LogP contribution in [0.25, 0.3) is 0 Å². The van der Waals surface area contributed by atoms with Crippen LogP contribution in [0.4, 0.5) is 0 Å². The molecule has 154 valence electrons. The van der Waals surface area contributed by atoms with Gasteiger partial charge in [0, 0.05) is 5.56 Å². The molecule has 0 fully saturated rings. The lowest BCUT2D eigenvalue weighted by molar-refractivity contribution is -0.128. The van der Waals surface area contributed by atoms with E-state index in [4.69, 9.17) is 9.47 Å². The van der Waals surface area contributed by atoms with Crippen molar-refractivity contribution >= 4 is 11.8 Å². The number of ether oxygens (including phenoxy) is 2. The molecule has 0 aromatic heterocycles. The third-order valence-corrected chi connectivity index (χ3v) is 4.34. The smallest absolute Gasteiger partial charge is 0.279 e. The number of hydrogen-bond acceptors (Lipinski definition) is 4. The zero-order valence-electron chi connectivity index (χ0n) is 16.9. The first-order chi connectivity index (χ1) is 14.5. The van der Waals surface area contributed by atoms with Gasteiger partial charge in [-0.2, -0.15) is 0 Å². The maximum absolute atomic E-state index is 12.3.